The molecule has 0 aliphatic heterocycles. The van der Waals surface area contributed by atoms with Gasteiger partial charge in [-0.15, -0.1) is 0 Å². The lowest BCUT2D eigenvalue weighted by atomic mass is 10.1. The Balaban J connectivity index is 5.47. The normalized spacial score (nSPS) is 11.3. The summed E-state index contributed by atoms with van der Waals surface area (Å²) in [6.07, 6.45) is 41.4. The topological polar surface area (TPSA) is 179 Å². The van der Waals surface area contributed by atoms with E-state index in [0.29, 0.717) is 58.9 Å². The van der Waals surface area contributed by atoms with Crippen LogP contribution in [0.2, 0.25) is 0 Å². The second kappa shape index (κ2) is 60.8. The van der Waals surface area contributed by atoms with Crippen molar-refractivity contribution in [2.45, 2.75) is 273 Å². The molecular weight excluding hydrogens is 1030 g/mol. The summed E-state index contributed by atoms with van der Waals surface area (Å²) in [7, 11) is 0. The van der Waals surface area contributed by atoms with Crippen LogP contribution in [0.3, 0.4) is 0 Å². The number of hydrogen-bond donors (Lipinski definition) is 3. The molecule has 0 rings (SSSR count). The van der Waals surface area contributed by atoms with Crippen molar-refractivity contribution in [3.63, 3.8) is 0 Å². The van der Waals surface area contributed by atoms with E-state index < -0.39 is 0 Å². The molecular formula is C66H129N7O9. The molecule has 0 aromatic carbocycles. The predicted molar refractivity (Wildman–Crippen MR) is 338 cm³/mol. The summed E-state index contributed by atoms with van der Waals surface area (Å²) in [6.45, 7) is 18.4. The number of hydrogen-bond acceptors (Lipinski definition) is 10. The lowest BCUT2D eigenvalue weighted by Gasteiger charge is -2.24. The fourth-order valence-electron chi connectivity index (χ4n) is 10.1. The SMILES string of the molecule is CCCCCCCCN(CCCCCCCC)C(=O)COCC(=O)NCCN(CCNC(=O)COCC(=O)N(CCCCCCCC)CCCCCCCC)CCNC(=O)COCC(=O)N(CCCCCCCC)CCCCCCCC. The van der Waals surface area contributed by atoms with Crippen LogP contribution in [-0.4, -0.2) is 173 Å². The molecule has 0 aliphatic carbocycles. The predicted octanol–water partition coefficient (Wildman–Crippen LogP) is 12.3. The van der Waals surface area contributed by atoms with Crippen LogP contribution in [0.1, 0.15) is 273 Å². The van der Waals surface area contributed by atoms with Gasteiger partial charge in [0.2, 0.25) is 35.4 Å². The largest absolute Gasteiger partial charge is 0.362 e. The minimum atomic E-state index is -0.332. The zero-order chi connectivity index (χ0) is 60.2. The first kappa shape index (κ1) is 78.7. The summed E-state index contributed by atoms with van der Waals surface area (Å²) in [5, 5.41) is 8.72. The number of unbranched alkanes of at least 4 members (excludes halogenated alkanes) is 30. The fourth-order valence-corrected chi connectivity index (χ4v) is 10.1. The van der Waals surface area contributed by atoms with Crippen LogP contribution in [0.4, 0.5) is 0 Å². The van der Waals surface area contributed by atoms with E-state index in [9.17, 15) is 28.8 Å². The van der Waals surface area contributed by atoms with Gasteiger partial charge in [-0.1, -0.05) is 234 Å². The fraction of sp³-hybridized carbons (Fsp3) is 0.909. The van der Waals surface area contributed by atoms with E-state index in [1.165, 1.54) is 154 Å². The summed E-state index contributed by atoms with van der Waals surface area (Å²) in [5.74, 6) is -1.24. The smallest absolute Gasteiger partial charge is 0.248 e. The molecule has 0 atom stereocenters. The number of nitrogens with one attached hydrogen (secondary N) is 3. The van der Waals surface area contributed by atoms with E-state index >= 15 is 0 Å². The zero-order valence-electron chi connectivity index (χ0n) is 54.1. The van der Waals surface area contributed by atoms with Gasteiger partial charge in [0.15, 0.2) is 0 Å². The van der Waals surface area contributed by atoms with Crippen LogP contribution in [0, 0.1) is 0 Å². The van der Waals surface area contributed by atoms with Gasteiger partial charge in [0.05, 0.1) is 0 Å². The Morgan fingerprint density at radius 2 is 0.427 bits per heavy atom. The Labute approximate surface area is 502 Å². The Kier molecular flexibility index (Phi) is 58.3. The van der Waals surface area contributed by atoms with Crippen molar-refractivity contribution in [1.29, 1.82) is 0 Å². The minimum absolute atomic E-state index is 0.0814. The first-order valence-corrected chi connectivity index (χ1v) is 34.1. The number of amides is 6. The van der Waals surface area contributed by atoms with Crippen molar-refractivity contribution >= 4 is 35.4 Å². The molecule has 0 fully saturated rings. The molecule has 16 nitrogen and oxygen atoms in total. The molecule has 0 radical (unpaired) electrons. The molecule has 3 N–H and O–H groups in total. The maximum atomic E-state index is 13.3. The molecule has 0 spiro atoms. The summed E-state index contributed by atoms with van der Waals surface area (Å²) in [6, 6.07) is 0. The van der Waals surface area contributed by atoms with Crippen molar-refractivity contribution in [3.05, 3.63) is 0 Å². The first-order valence-electron chi connectivity index (χ1n) is 34.1. The zero-order valence-corrected chi connectivity index (χ0v) is 54.1. The highest BCUT2D eigenvalue weighted by molar-refractivity contribution is 5.81. The third kappa shape index (κ3) is 51.1. The third-order valence-electron chi connectivity index (χ3n) is 15.4. The number of ether oxygens (including phenoxy) is 3. The van der Waals surface area contributed by atoms with Gasteiger partial charge in [0, 0.05) is 78.5 Å². The van der Waals surface area contributed by atoms with E-state index in [1.807, 2.05) is 19.6 Å². The highest BCUT2D eigenvalue weighted by Crippen LogP contribution is 2.13. The highest BCUT2D eigenvalue weighted by Gasteiger charge is 2.18. The van der Waals surface area contributed by atoms with Gasteiger partial charge < -0.3 is 44.9 Å². The maximum absolute atomic E-state index is 13.3. The van der Waals surface area contributed by atoms with Crippen molar-refractivity contribution in [3.8, 4) is 0 Å². The van der Waals surface area contributed by atoms with Crippen LogP contribution in [-0.2, 0) is 43.0 Å². The second-order valence-electron chi connectivity index (χ2n) is 23.1. The van der Waals surface area contributed by atoms with Crippen LogP contribution in [0.5, 0.6) is 0 Å². The first-order chi connectivity index (χ1) is 40.1. The Morgan fingerprint density at radius 1 is 0.244 bits per heavy atom. The summed E-state index contributed by atoms with van der Waals surface area (Å²) in [4.78, 5) is 86.7. The molecule has 6 amide bonds. The molecule has 16 heteroatoms. The van der Waals surface area contributed by atoms with Gasteiger partial charge in [-0.05, 0) is 38.5 Å². The average molecular weight is 1160 g/mol. The Hall–Kier alpha value is -3.34. The highest BCUT2D eigenvalue weighted by atomic mass is 16.5. The second-order valence-corrected chi connectivity index (χ2v) is 23.1. The van der Waals surface area contributed by atoms with Crippen LogP contribution in [0.25, 0.3) is 0 Å². The van der Waals surface area contributed by atoms with E-state index in [2.05, 4.69) is 57.5 Å². The lowest BCUT2D eigenvalue weighted by molar-refractivity contribution is -0.139. The van der Waals surface area contributed by atoms with Crippen LogP contribution >= 0.6 is 0 Å². The molecule has 482 valence electrons. The van der Waals surface area contributed by atoms with Crippen LogP contribution < -0.4 is 16.0 Å². The van der Waals surface area contributed by atoms with E-state index in [-0.39, 0.29) is 94.7 Å². The van der Waals surface area contributed by atoms with Crippen molar-refractivity contribution < 1.29 is 43.0 Å². The molecule has 0 heterocycles. The lowest BCUT2D eigenvalue weighted by Crippen LogP contribution is -2.44. The van der Waals surface area contributed by atoms with Gasteiger partial charge >= 0.3 is 0 Å². The van der Waals surface area contributed by atoms with Crippen LogP contribution in [0.15, 0.2) is 0 Å². The molecule has 0 aromatic rings. The number of carbonyl (C=O) groups is 6. The van der Waals surface area contributed by atoms with Crippen molar-refractivity contribution in [2.24, 2.45) is 0 Å². The Morgan fingerprint density at radius 3 is 0.622 bits per heavy atom. The van der Waals surface area contributed by atoms with E-state index in [0.717, 1.165) is 77.0 Å². The third-order valence-corrected chi connectivity index (χ3v) is 15.4. The van der Waals surface area contributed by atoms with Gasteiger partial charge in [0.1, 0.15) is 39.6 Å². The number of carbonyl (C=O) groups excluding carboxylic acids is 6. The number of nitrogens with zero attached hydrogens (tertiary/aromatic N) is 4. The van der Waals surface area contributed by atoms with E-state index in [1.54, 1.807) is 0 Å². The Bertz CT molecular complexity index is 1290. The minimum Gasteiger partial charge on any atom is -0.362 e. The molecule has 0 aromatic heterocycles. The quantitative estimate of drug-likeness (QED) is 0.0496. The number of rotatable bonds is 63. The molecule has 0 aliphatic rings. The maximum Gasteiger partial charge on any atom is 0.248 e. The molecule has 0 saturated carbocycles. The van der Waals surface area contributed by atoms with Crippen molar-refractivity contribution in [2.75, 3.05) is 118 Å². The van der Waals surface area contributed by atoms with E-state index in [4.69, 9.17) is 14.2 Å². The van der Waals surface area contributed by atoms with Gasteiger partial charge in [-0.25, -0.2) is 0 Å². The van der Waals surface area contributed by atoms with Gasteiger partial charge in [0.25, 0.3) is 0 Å². The summed E-state index contributed by atoms with van der Waals surface area (Å²) in [5.41, 5.74) is 0. The summed E-state index contributed by atoms with van der Waals surface area (Å²) < 4.78 is 17.0. The van der Waals surface area contributed by atoms with Gasteiger partial charge in [-0.3, -0.25) is 33.7 Å². The molecule has 0 bridgehead atoms. The monoisotopic (exact) mass is 1160 g/mol. The average Bonchev–Trinajstić information content (AvgIpc) is 3.46. The molecule has 82 heavy (non-hydrogen) atoms. The molecule has 0 saturated heterocycles. The molecule has 0 unspecified atom stereocenters. The van der Waals surface area contributed by atoms with Crippen molar-refractivity contribution in [1.82, 2.24) is 35.6 Å². The standard InChI is InChI=1S/C66H129N7O9/c1-7-13-19-25-31-37-46-71(47-38-32-26-20-14-8-2)64(77)58-80-55-61(74)67-43-52-70(53-44-68-62(75)56-81-59-65(78)72(48-39-33-27-21-15-9-3)49-40-34-28-22-16-10-4)54-45-69-63(76)57-82-60-66(79)73(50-41-35-29-23-17-11-5)51-42-36-30-24-18-12-6/h7-60H2,1-6H3,(H,67,74)(H,68,75)(H,69,76). The summed E-state index contributed by atoms with van der Waals surface area (Å²) >= 11 is 0. The van der Waals surface area contributed by atoms with Gasteiger partial charge in [-0.2, -0.15) is 0 Å².